The lowest BCUT2D eigenvalue weighted by Crippen LogP contribution is -2.11. The Morgan fingerprint density at radius 2 is 2.31 bits per heavy atom. The number of hydrogen-bond acceptors (Lipinski definition) is 4. The second-order valence-corrected chi connectivity index (χ2v) is 4.68. The Bertz CT molecular complexity index is 450. The van der Waals surface area contributed by atoms with Crippen LogP contribution < -0.4 is 10.1 Å². The zero-order chi connectivity index (χ0) is 11.4. The minimum atomic E-state index is 0.836. The first-order chi connectivity index (χ1) is 7.79. The Hall–Kier alpha value is -1.33. The van der Waals surface area contributed by atoms with Crippen LogP contribution in [0.5, 0.6) is 5.06 Å². The van der Waals surface area contributed by atoms with Crippen molar-refractivity contribution in [2.24, 2.45) is 0 Å². The van der Waals surface area contributed by atoms with Gasteiger partial charge in [0.1, 0.15) is 0 Å². The molecule has 86 valence electrons. The number of aromatic nitrogens is 2. The van der Waals surface area contributed by atoms with E-state index in [1.807, 2.05) is 19.2 Å². The highest BCUT2D eigenvalue weighted by atomic mass is 32.1. The van der Waals surface area contributed by atoms with Gasteiger partial charge in [0, 0.05) is 29.2 Å². The smallest absolute Gasteiger partial charge is 0.173 e. The average molecular weight is 237 g/mol. The van der Waals surface area contributed by atoms with Gasteiger partial charge in [-0.1, -0.05) is 0 Å². The quantitative estimate of drug-likeness (QED) is 0.837. The Balaban J connectivity index is 1.82. The van der Waals surface area contributed by atoms with Crippen LogP contribution in [0.15, 0.2) is 18.3 Å². The molecule has 0 bridgehead atoms. The zero-order valence-electron chi connectivity index (χ0n) is 9.41. The molecule has 0 amide bonds. The predicted molar refractivity (Wildman–Crippen MR) is 64.7 cm³/mol. The number of aromatic amines is 1. The van der Waals surface area contributed by atoms with E-state index in [-0.39, 0.29) is 0 Å². The number of H-pyrrole nitrogens is 1. The summed E-state index contributed by atoms with van der Waals surface area (Å²) in [5, 5.41) is 11.2. The van der Waals surface area contributed by atoms with Crippen molar-refractivity contribution >= 4 is 11.3 Å². The molecule has 0 aliphatic carbocycles. The molecule has 4 nitrogen and oxygen atoms in total. The number of thiophene rings is 1. The highest BCUT2D eigenvalue weighted by Crippen LogP contribution is 2.23. The van der Waals surface area contributed by atoms with Crippen molar-refractivity contribution in [1.29, 1.82) is 0 Å². The predicted octanol–water partition coefficient (Wildman–Crippen LogP) is 2.08. The van der Waals surface area contributed by atoms with Crippen LogP contribution in [0, 0.1) is 6.92 Å². The normalized spacial score (nSPS) is 10.6. The van der Waals surface area contributed by atoms with Crippen LogP contribution in [-0.2, 0) is 13.1 Å². The van der Waals surface area contributed by atoms with E-state index in [0.717, 1.165) is 23.8 Å². The number of hydrogen-bond donors (Lipinski definition) is 2. The first kappa shape index (κ1) is 11.2. The van der Waals surface area contributed by atoms with Crippen LogP contribution in [0.4, 0.5) is 0 Å². The Morgan fingerprint density at radius 3 is 2.94 bits per heavy atom. The minimum Gasteiger partial charge on any atom is -0.487 e. The summed E-state index contributed by atoms with van der Waals surface area (Å²) in [6.07, 6.45) is 1.86. The molecular weight excluding hydrogens is 222 g/mol. The summed E-state index contributed by atoms with van der Waals surface area (Å²) >= 11 is 1.67. The van der Waals surface area contributed by atoms with E-state index in [1.165, 1.54) is 10.4 Å². The summed E-state index contributed by atoms with van der Waals surface area (Å²) in [6.45, 7) is 3.72. The average Bonchev–Trinajstić information content (AvgIpc) is 2.89. The molecule has 0 unspecified atom stereocenters. The SMILES string of the molecule is COc1ccc(CNCc2cn[nH]c2C)s1. The summed E-state index contributed by atoms with van der Waals surface area (Å²) in [5.74, 6) is 0. The molecule has 0 spiro atoms. The van der Waals surface area contributed by atoms with Crippen LogP contribution in [0.2, 0.25) is 0 Å². The van der Waals surface area contributed by atoms with Gasteiger partial charge in [-0.25, -0.2) is 0 Å². The summed E-state index contributed by atoms with van der Waals surface area (Å²) in [7, 11) is 1.69. The number of aryl methyl sites for hydroxylation is 1. The molecule has 0 aliphatic rings. The molecule has 2 rings (SSSR count). The number of ether oxygens (including phenoxy) is 1. The minimum absolute atomic E-state index is 0.836. The van der Waals surface area contributed by atoms with Crippen molar-refractivity contribution < 1.29 is 4.74 Å². The lowest BCUT2D eigenvalue weighted by atomic mass is 10.2. The van der Waals surface area contributed by atoms with Crippen LogP contribution >= 0.6 is 11.3 Å². The Kier molecular flexibility index (Phi) is 3.58. The molecule has 2 aromatic rings. The third-order valence-electron chi connectivity index (χ3n) is 2.39. The molecule has 0 radical (unpaired) electrons. The molecule has 0 aromatic carbocycles. The molecule has 2 heterocycles. The Labute approximate surface area is 98.6 Å². The van der Waals surface area contributed by atoms with E-state index in [9.17, 15) is 0 Å². The van der Waals surface area contributed by atoms with Crippen molar-refractivity contribution in [3.8, 4) is 5.06 Å². The molecule has 16 heavy (non-hydrogen) atoms. The Morgan fingerprint density at radius 1 is 1.44 bits per heavy atom. The topological polar surface area (TPSA) is 49.9 Å². The van der Waals surface area contributed by atoms with Gasteiger partial charge in [0.15, 0.2) is 5.06 Å². The van der Waals surface area contributed by atoms with Gasteiger partial charge >= 0.3 is 0 Å². The summed E-state index contributed by atoms with van der Waals surface area (Å²) in [4.78, 5) is 1.28. The molecule has 0 saturated heterocycles. The van der Waals surface area contributed by atoms with Crippen LogP contribution in [-0.4, -0.2) is 17.3 Å². The highest BCUT2D eigenvalue weighted by molar-refractivity contribution is 7.13. The van der Waals surface area contributed by atoms with E-state index in [1.54, 1.807) is 18.4 Å². The molecule has 2 aromatic heterocycles. The zero-order valence-corrected chi connectivity index (χ0v) is 10.2. The number of nitrogens with zero attached hydrogens (tertiary/aromatic N) is 1. The summed E-state index contributed by atoms with van der Waals surface area (Å²) in [6, 6.07) is 4.07. The van der Waals surface area contributed by atoms with Crippen molar-refractivity contribution in [2.75, 3.05) is 7.11 Å². The van der Waals surface area contributed by atoms with Crippen LogP contribution in [0.3, 0.4) is 0 Å². The first-order valence-electron chi connectivity index (χ1n) is 5.12. The van der Waals surface area contributed by atoms with E-state index < -0.39 is 0 Å². The van der Waals surface area contributed by atoms with Gasteiger partial charge in [-0.05, 0) is 19.1 Å². The fraction of sp³-hybridized carbons (Fsp3) is 0.364. The van der Waals surface area contributed by atoms with Crippen molar-refractivity contribution in [1.82, 2.24) is 15.5 Å². The van der Waals surface area contributed by atoms with Crippen LogP contribution in [0.1, 0.15) is 16.1 Å². The monoisotopic (exact) mass is 237 g/mol. The lowest BCUT2D eigenvalue weighted by Gasteiger charge is -2.01. The number of nitrogens with one attached hydrogen (secondary N) is 2. The first-order valence-corrected chi connectivity index (χ1v) is 5.93. The van der Waals surface area contributed by atoms with Gasteiger partial charge in [-0.3, -0.25) is 5.10 Å². The third kappa shape index (κ3) is 2.62. The molecule has 0 fully saturated rings. The van der Waals surface area contributed by atoms with Crippen molar-refractivity contribution in [2.45, 2.75) is 20.0 Å². The second-order valence-electron chi connectivity index (χ2n) is 3.55. The second kappa shape index (κ2) is 5.14. The molecule has 0 atom stereocenters. The van der Waals surface area contributed by atoms with Gasteiger partial charge in [0.25, 0.3) is 0 Å². The van der Waals surface area contributed by atoms with E-state index in [2.05, 4.69) is 21.6 Å². The van der Waals surface area contributed by atoms with Crippen molar-refractivity contribution in [3.05, 3.63) is 34.5 Å². The number of rotatable bonds is 5. The lowest BCUT2D eigenvalue weighted by molar-refractivity contribution is 0.427. The van der Waals surface area contributed by atoms with Gasteiger partial charge in [0.05, 0.1) is 13.3 Å². The van der Waals surface area contributed by atoms with E-state index >= 15 is 0 Å². The van der Waals surface area contributed by atoms with Gasteiger partial charge in [0.2, 0.25) is 0 Å². The summed E-state index contributed by atoms with van der Waals surface area (Å²) < 4.78 is 5.14. The van der Waals surface area contributed by atoms with Crippen molar-refractivity contribution in [3.63, 3.8) is 0 Å². The molecule has 2 N–H and O–H groups in total. The third-order valence-corrected chi connectivity index (χ3v) is 3.43. The largest absolute Gasteiger partial charge is 0.487 e. The highest BCUT2D eigenvalue weighted by Gasteiger charge is 2.01. The summed E-state index contributed by atoms with van der Waals surface area (Å²) in [5.41, 5.74) is 2.33. The molecule has 5 heteroatoms. The maximum absolute atomic E-state index is 5.14. The number of methoxy groups -OCH3 is 1. The fourth-order valence-corrected chi connectivity index (χ4v) is 2.23. The molecular formula is C11H15N3OS. The van der Waals surface area contributed by atoms with Gasteiger partial charge in [-0.2, -0.15) is 5.10 Å². The molecule has 0 saturated carbocycles. The van der Waals surface area contributed by atoms with Gasteiger partial charge in [-0.15, -0.1) is 11.3 Å². The molecule has 0 aliphatic heterocycles. The standard InChI is InChI=1S/C11H15N3OS/c1-8-9(6-13-14-8)5-12-7-10-3-4-11(15-2)16-10/h3-4,6,12H,5,7H2,1-2H3,(H,13,14). The maximum atomic E-state index is 5.14. The van der Waals surface area contributed by atoms with Gasteiger partial charge < -0.3 is 10.1 Å². The maximum Gasteiger partial charge on any atom is 0.173 e. The fourth-order valence-electron chi connectivity index (χ4n) is 1.44. The van der Waals surface area contributed by atoms with E-state index in [0.29, 0.717) is 0 Å². The van der Waals surface area contributed by atoms with Crippen LogP contribution in [0.25, 0.3) is 0 Å². The van der Waals surface area contributed by atoms with E-state index in [4.69, 9.17) is 4.74 Å².